The Bertz CT molecular complexity index is 1010. The number of para-hydroxylation sites is 1. The van der Waals surface area contributed by atoms with Crippen molar-refractivity contribution in [3.05, 3.63) is 30.0 Å². The van der Waals surface area contributed by atoms with Crippen LogP contribution in [0.1, 0.15) is 64.5 Å². The molecule has 174 valence electrons. The SMILES string of the molecule is CC(=O)NC[C@@H]1C[C@H](NC(=O)c2nn(C(C)C)c3ccccc23)CN1C(=O)OC(C)(C)C. The lowest BCUT2D eigenvalue weighted by molar-refractivity contribution is -0.119. The second-order valence-corrected chi connectivity index (χ2v) is 9.53. The van der Waals surface area contributed by atoms with Gasteiger partial charge in [-0.2, -0.15) is 5.10 Å². The lowest BCUT2D eigenvalue weighted by Gasteiger charge is -2.28. The summed E-state index contributed by atoms with van der Waals surface area (Å²) in [6, 6.07) is 7.19. The van der Waals surface area contributed by atoms with Crippen LogP contribution in [0, 0.1) is 0 Å². The third-order valence-electron chi connectivity index (χ3n) is 5.28. The molecule has 1 aromatic heterocycles. The summed E-state index contributed by atoms with van der Waals surface area (Å²) in [6.45, 7) is 11.5. The van der Waals surface area contributed by atoms with Crippen molar-refractivity contribution in [2.75, 3.05) is 13.1 Å². The molecular weight excluding hydrogens is 410 g/mol. The normalized spacial score (nSPS) is 18.8. The molecule has 9 nitrogen and oxygen atoms in total. The number of hydrogen-bond acceptors (Lipinski definition) is 5. The number of carbonyl (C=O) groups excluding carboxylic acids is 3. The molecule has 2 N–H and O–H groups in total. The molecule has 0 unspecified atom stereocenters. The average molecular weight is 444 g/mol. The number of rotatable bonds is 5. The van der Waals surface area contributed by atoms with Crippen molar-refractivity contribution in [3.8, 4) is 0 Å². The van der Waals surface area contributed by atoms with Crippen LogP contribution in [0.3, 0.4) is 0 Å². The van der Waals surface area contributed by atoms with Gasteiger partial charge in [0.15, 0.2) is 5.69 Å². The highest BCUT2D eigenvalue weighted by molar-refractivity contribution is 6.05. The van der Waals surface area contributed by atoms with Gasteiger partial charge in [0.25, 0.3) is 5.91 Å². The number of aromatic nitrogens is 2. The minimum Gasteiger partial charge on any atom is -0.444 e. The van der Waals surface area contributed by atoms with Crippen LogP contribution in [-0.4, -0.2) is 63.4 Å². The van der Waals surface area contributed by atoms with E-state index in [1.165, 1.54) is 6.92 Å². The Morgan fingerprint density at radius 1 is 1.22 bits per heavy atom. The second-order valence-electron chi connectivity index (χ2n) is 9.53. The number of amides is 3. The van der Waals surface area contributed by atoms with Gasteiger partial charge in [-0.3, -0.25) is 14.3 Å². The van der Waals surface area contributed by atoms with E-state index in [0.717, 1.165) is 10.9 Å². The van der Waals surface area contributed by atoms with E-state index in [1.54, 1.807) is 25.7 Å². The number of nitrogens with one attached hydrogen (secondary N) is 2. The number of benzene rings is 1. The zero-order valence-electron chi connectivity index (χ0n) is 19.6. The Balaban J connectivity index is 1.78. The largest absolute Gasteiger partial charge is 0.444 e. The third-order valence-corrected chi connectivity index (χ3v) is 5.28. The van der Waals surface area contributed by atoms with Crippen molar-refractivity contribution in [3.63, 3.8) is 0 Å². The zero-order chi connectivity index (χ0) is 23.6. The van der Waals surface area contributed by atoms with Gasteiger partial charge in [0.05, 0.1) is 11.6 Å². The first-order valence-electron chi connectivity index (χ1n) is 11.0. The molecule has 0 aliphatic carbocycles. The molecule has 32 heavy (non-hydrogen) atoms. The fourth-order valence-corrected chi connectivity index (χ4v) is 3.92. The van der Waals surface area contributed by atoms with Crippen LogP contribution in [0.5, 0.6) is 0 Å². The van der Waals surface area contributed by atoms with Crippen LogP contribution in [0.15, 0.2) is 24.3 Å². The van der Waals surface area contributed by atoms with Crippen LogP contribution < -0.4 is 10.6 Å². The summed E-state index contributed by atoms with van der Waals surface area (Å²) < 4.78 is 7.37. The van der Waals surface area contributed by atoms with E-state index in [9.17, 15) is 14.4 Å². The molecule has 1 aliphatic rings. The zero-order valence-corrected chi connectivity index (χ0v) is 19.6. The molecule has 0 radical (unpaired) electrons. The molecule has 0 spiro atoms. The highest BCUT2D eigenvalue weighted by Crippen LogP contribution is 2.24. The van der Waals surface area contributed by atoms with Crippen LogP contribution in [0.2, 0.25) is 0 Å². The van der Waals surface area contributed by atoms with Gasteiger partial charge in [-0.15, -0.1) is 0 Å². The van der Waals surface area contributed by atoms with Gasteiger partial charge < -0.3 is 20.3 Å². The molecule has 0 bridgehead atoms. The lowest BCUT2D eigenvalue weighted by Crippen LogP contribution is -2.45. The third kappa shape index (κ3) is 5.38. The van der Waals surface area contributed by atoms with Crippen molar-refractivity contribution >= 4 is 28.8 Å². The maximum Gasteiger partial charge on any atom is 0.410 e. The first-order valence-corrected chi connectivity index (χ1v) is 11.0. The van der Waals surface area contributed by atoms with Gasteiger partial charge in [-0.1, -0.05) is 18.2 Å². The predicted octanol–water partition coefficient (Wildman–Crippen LogP) is 2.86. The van der Waals surface area contributed by atoms with Gasteiger partial charge in [0.1, 0.15) is 5.60 Å². The average Bonchev–Trinajstić information content (AvgIpc) is 3.26. The minimum atomic E-state index is -0.639. The molecule has 1 aliphatic heterocycles. The maximum absolute atomic E-state index is 13.1. The summed E-state index contributed by atoms with van der Waals surface area (Å²) >= 11 is 0. The van der Waals surface area contributed by atoms with Gasteiger partial charge in [0.2, 0.25) is 5.91 Å². The predicted molar refractivity (Wildman–Crippen MR) is 121 cm³/mol. The van der Waals surface area contributed by atoms with Crippen LogP contribution in [0.4, 0.5) is 4.79 Å². The Morgan fingerprint density at radius 2 is 1.91 bits per heavy atom. The summed E-state index contributed by atoms with van der Waals surface area (Å²) in [7, 11) is 0. The van der Waals surface area contributed by atoms with Gasteiger partial charge in [-0.25, -0.2) is 4.79 Å². The van der Waals surface area contributed by atoms with E-state index in [2.05, 4.69) is 15.7 Å². The van der Waals surface area contributed by atoms with E-state index in [1.807, 2.05) is 42.8 Å². The molecule has 1 fully saturated rings. The van der Waals surface area contributed by atoms with E-state index in [0.29, 0.717) is 25.2 Å². The first kappa shape index (κ1) is 23.6. The minimum absolute atomic E-state index is 0.109. The monoisotopic (exact) mass is 443 g/mol. The molecule has 2 aromatic rings. The maximum atomic E-state index is 13.1. The molecule has 2 atom stereocenters. The molecule has 9 heteroatoms. The van der Waals surface area contributed by atoms with Gasteiger partial charge in [0, 0.05) is 37.5 Å². The van der Waals surface area contributed by atoms with E-state index in [4.69, 9.17) is 4.74 Å². The van der Waals surface area contributed by atoms with Crippen LogP contribution in [-0.2, 0) is 9.53 Å². The summed E-state index contributed by atoms with van der Waals surface area (Å²) in [5.74, 6) is -0.456. The first-order chi connectivity index (χ1) is 15.0. The van der Waals surface area contributed by atoms with Crippen LogP contribution >= 0.6 is 0 Å². The summed E-state index contributed by atoms with van der Waals surface area (Å²) in [4.78, 5) is 38.9. The Labute approximate surface area is 188 Å². The Kier molecular flexibility index (Phi) is 6.76. The number of ether oxygens (including phenoxy) is 1. The Hall–Kier alpha value is -3.10. The van der Waals surface area contributed by atoms with Crippen molar-refractivity contribution in [1.29, 1.82) is 0 Å². The highest BCUT2D eigenvalue weighted by atomic mass is 16.6. The molecule has 1 aromatic carbocycles. The molecule has 3 amide bonds. The quantitative estimate of drug-likeness (QED) is 0.739. The van der Waals surface area contributed by atoms with Crippen molar-refractivity contribution < 1.29 is 19.1 Å². The number of nitrogens with zero attached hydrogens (tertiary/aromatic N) is 3. The molecular formula is C23H33N5O4. The second kappa shape index (κ2) is 9.18. The van der Waals surface area contributed by atoms with Gasteiger partial charge >= 0.3 is 6.09 Å². The van der Waals surface area contributed by atoms with Crippen LogP contribution in [0.25, 0.3) is 10.9 Å². The summed E-state index contributed by atoms with van der Waals surface area (Å²) in [6.07, 6.45) is 0.0489. The topological polar surface area (TPSA) is 106 Å². The number of hydrogen-bond donors (Lipinski definition) is 2. The molecule has 3 rings (SSSR count). The molecule has 1 saturated heterocycles. The van der Waals surface area contributed by atoms with E-state index < -0.39 is 11.7 Å². The van der Waals surface area contributed by atoms with Crippen molar-refractivity contribution in [1.82, 2.24) is 25.3 Å². The Morgan fingerprint density at radius 3 is 2.53 bits per heavy atom. The fraction of sp³-hybridized carbons (Fsp3) is 0.565. The molecule has 2 heterocycles. The fourth-order valence-electron chi connectivity index (χ4n) is 3.92. The summed E-state index contributed by atoms with van der Waals surface area (Å²) in [5.41, 5.74) is 0.626. The van der Waals surface area contributed by atoms with Crippen molar-refractivity contribution in [2.45, 2.75) is 71.7 Å². The standard InChI is InChI=1S/C23H33N5O4/c1-14(2)28-19-10-8-7-9-18(19)20(26-28)21(30)25-16-11-17(12-24-15(3)29)27(13-16)22(31)32-23(4,5)6/h7-10,14,16-17H,11-13H2,1-6H3,(H,24,29)(H,25,30)/t16-,17-/m0/s1. The highest BCUT2D eigenvalue weighted by Gasteiger charge is 2.38. The van der Waals surface area contributed by atoms with Gasteiger partial charge in [-0.05, 0) is 47.1 Å². The van der Waals surface area contributed by atoms with Crippen molar-refractivity contribution in [2.24, 2.45) is 0 Å². The smallest absolute Gasteiger partial charge is 0.410 e. The number of likely N-dealkylation sites (tertiary alicyclic amines) is 1. The number of carbonyl (C=O) groups is 3. The molecule has 0 saturated carbocycles. The van der Waals surface area contributed by atoms with E-state index >= 15 is 0 Å². The van der Waals surface area contributed by atoms with E-state index in [-0.39, 0.29) is 29.9 Å². The number of fused-ring (bicyclic) bond motifs is 1. The summed E-state index contributed by atoms with van der Waals surface area (Å²) in [5, 5.41) is 11.1. The lowest BCUT2D eigenvalue weighted by atomic mass is 10.1.